The first-order valence-corrected chi connectivity index (χ1v) is 7.87. The fourth-order valence-corrected chi connectivity index (χ4v) is 2.60. The first-order chi connectivity index (χ1) is 10.3. The van der Waals surface area contributed by atoms with Gasteiger partial charge in [0.15, 0.2) is 0 Å². The maximum absolute atomic E-state index is 5.91. The quantitative estimate of drug-likeness (QED) is 0.658. The smallest absolute Gasteiger partial charge is 0.142 e. The summed E-state index contributed by atoms with van der Waals surface area (Å²) in [7, 11) is 0. The van der Waals surface area contributed by atoms with Crippen molar-refractivity contribution in [2.24, 2.45) is 0 Å². The molecule has 106 valence electrons. The lowest BCUT2D eigenvalue weighted by Crippen LogP contribution is -2.00. The van der Waals surface area contributed by atoms with E-state index in [0.717, 1.165) is 33.6 Å². The highest BCUT2D eigenvalue weighted by atomic mass is 79.9. The molecule has 2 aromatic heterocycles. The molecule has 0 N–H and O–H groups in total. The number of rotatable bonds is 4. The summed E-state index contributed by atoms with van der Waals surface area (Å²) in [6.07, 6.45) is 1.80. The largest absolute Gasteiger partial charge is 0.487 e. The molecular weight excluding hydrogens is 328 g/mol. The van der Waals surface area contributed by atoms with Crippen LogP contribution in [0.3, 0.4) is 0 Å². The maximum Gasteiger partial charge on any atom is 0.142 e. The summed E-state index contributed by atoms with van der Waals surface area (Å²) < 4.78 is 5.91. The number of nitrogens with zero attached hydrogens (tertiary/aromatic N) is 2. The second kappa shape index (κ2) is 6.22. The molecule has 1 aromatic carbocycles. The van der Waals surface area contributed by atoms with Gasteiger partial charge in [-0.15, -0.1) is 0 Å². The molecule has 0 amide bonds. The molecule has 21 heavy (non-hydrogen) atoms. The van der Waals surface area contributed by atoms with E-state index in [0.29, 0.717) is 11.9 Å². The number of benzene rings is 1. The van der Waals surface area contributed by atoms with Gasteiger partial charge in [-0.1, -0.05) is 28.1 Å². The third-order valence-corrected chi connectivity index (χ3v) is 3.79. The van der Waals surface area contributed by atoms with E-state index in [1.54, 1.807) is 6.20 Å². The van der Waals surface area contributed by atoms with E-state index < -0.39 is 0 Å². The van der Waals surface area contributed by atoms with E-state index in [1.807, 2.05) is 37.3 Å². The highest BCUT2D eigenvalue weighted by molar-refractivity contribution is 9.08. The SMILES string of the molecule is Cc1ccc(OCc2ccc3ncccc3c2)c(CBr)n1. The fourth-order valence-electron chi connectivity index (χ4n) is 2.20. The van der Waals surface area contributed by atoms with Crippen LogP contribution in [-0.2, 0) is 11.9 Å². The summed E-state index contributed by atoms with van der Waals surface area (Å²) in [4.78, 5) is 8.79. The van der Waals surface area contributed by atoms with Gasteiger partial charge in [-0.05, 0) is 42.8 Å². The zero-order valence-corrected chi connectivity index (χ0v) is 13.3. The summed E-state index contributed by atoms with van der Waals surface area (Å²) in [6.45, 7) is 2.50. The summed E-state index contributed by atoms with van der Waals surface area (Å²) in [5, 5.41) is 1.81. The Hall–Kier alpha value is -1.94. The normalized spacial score (nSPS) is 10.8. The van der Waals surface area contributed by atoms with Gasteiger partial charge in [-0.25, -0.2) is 0 Å². The van der Waals surface area contributed by atoms with Crippen LogP contribution >= 0.6 is 15.9 Å². The third kappa shape index (κ3) is 3.22. The molecule has 2 heterocycles. The summed E-state index contributed by atoms with van der Waals surface area (Å²) in [6, 6.07) is 14.1. The van der Waals surface area contributed by atoms with E-state index in [-0.39, 0.29) is 0 Å². The molecule has 0 fully saturated rings. The monoisotopic (exact) mass is 342 g/mol. The molecule has 0 radical (unpaired) electrons. The third-order valence-electron chi connectivity index (χ3n) is 3.26. The highest BCUT2D eigenvalue weighted by Gasteiger charge is 2.05. The molecule has 0 saturated carbocycles. The molecule has 4 heteroatoms. The van der Waals surface area contributed by atoms with Gasteiger partial charge in [0.05, 0.1) is 11.2 Å². The Bertz CT molecular complexity index is 774. The Morgan fingerprint density at radius 1 is 1.14 bits per heavy atom. The van der Waals surface area contributed by atoms with Gasteiger partial charge in [0.2, 0.25) is 0 Å². The number of aromatic nitrogens is 2. The van der Waals surface area contributed by atoms with Crippen LogP contribution in [0.15, 0.2) is 48.7 Å². The van der Waals surface area contributed by atoms with Crippen LogP contribution in [-0.4, -0.2) is 9.97 Å². The molecule has 3 nitrogen and oxygen atoms in total. The van der Waals surface area contributed by atoms with E-state index in [1.165, 1.54) is 0 Å². The van der Waals surface area contributed by atoms with Crippen molar-refractivity contribution >= 4 is 26.8 Å². The summed E-state index contributed by atoms with van der Waals surface area (Å²) in [5.74, 6) is 0.823. The Kier molecular flexibility index (Phi) is 4.15. The van der Waals surface area contributed by atoms with Crippen LogP contribution in [0.4, 0.5) is 0 Å². The average molecular weight is 343 g/mol. The van der Waals surface area contributed by atoms with Crippen LogP contribution < -0.4 is 4.74 Å². The molecule has 0 spiro atoms. The van der Waals surface area contributed by atoms with E-state index in [2.05, 4.69) is 38.0 Å². The first-order valence-electron chi connectivity index (χ1n) is 6.75. The van der Waals surface area contributed by atoms with Crippen LogP contribution in [0.2, 0.25) is 0 Å². The maximum atomic E-state index is 5.91. The zero-order valence-electron chi connectivity index (χ0n) is 11.7. The molecule has 0 bridgehead atoms. The number of alkyl halides is 1. The van der Waals surface area contributed by atoms with Crippen LogP contribution in [0.25, 0.3) is 10.9 Å². The predicted molar refractivity (Wildman–Crippen MR) is 87.7 cm³/mol. The molecule has 0 aliphatic heterocycles. The van der Waals surface area contributed by atoms with Crippen LogP contribution in [0, 0.1) is 6.92 Å². The van der Waals surface area contributed by atoms with Crippen molar-refractivity contribution in [1.29, 1.82) is 0 Å². The number of fused-ring (bicyclic) bond motifs is 1. The lowest BCUT2D eigenvalue weighted by molar-refractivity contribution is 0.302. The number of hydrogen-bond donors (Lipinski definition) is 0. The Labute approximate surface area is 132 Å². The molecule has 3 rings (SSSR count). The van der Waals surface area contributed by atoms with Gasteiger partial charge in [0.25, 0.3) is 0 Å². The minimum Gasteiger partial charge on any atom is -0.487 e. The average Bonchev–Trinajstić information content (AvgIpc) is 2.53. The number of halogens is 1. The first kappa shape index (κ1) is 14.0. The fraction of sp³-hybridized carbons (Fsp3) is 0.176. The van der Waals surface area contributed by atoms with Crippen LogP contribution in [0.1, 0.15) is 17.0 Å². The number of hydrogen-bond acceptors (Lipinski definition) is 3. The molecule has 0 saturated heterocycles. The van der Waals surface area contributed by atoms with E-state index >= 15 is 0 Å². The Balaban J connectivity index is 1.80. The number of aryl methyl sites for hydroxylation is 1. The molecular formula is C17H15BrN2O. The lowest BCUT2D eigenvalue weighted by atomic mass is 10.1. The van der Waals surface area contributed by atoms with Gasteiger partial charge in [-0.3, -0.25) is 9.97 Å². The minimum atomic E-state index is 0.523. The second-order valence-electron chi connectivity index (χ2n) is 4.85. The van der Waals surface area contributed by atoms with Gasteiger partial charge < -0.3 is 4.74 Å². The lowest BCUT2D eigenvalue weighted by Gasteiger charge is -2.10. The van der Waals surface area contributed by atoms with Gasteiger partial charge in [0, 0.05) is 22.6 Å². The topological polar surface area (TPSA) is 35.0 Å². The van der Waals surface area contributed by atoms with Crippen LogP contribution in [0.5, 0.6) is 5.75 Å². The second-order valence-corrected chi connectivity index (χ2v) is 5.41. The van der Waals surface area contributed by atoms with Crippen molar-refractivity contribution in [3.63, 3.8) is 0 Å². The van der Waals surface area contributed by atoms with Crippen molar-refractivity contribution in [3.05, 3.63) is 65.6 Å². The number of pyridine rings is 2. The van der Waals surface area contributed by atoms with Crippen molar-refractivity contribution in [3.8, 4) is 5.75 Å². The van der Waals surface area contributed by atoms with E-state index in [9.17, 15) is 0 Å². The van der Waals surface area contributed by atoms with Crippen molar-refractivity contribution in [2.75, 3.05) is 0 Å². The molecule has 3 aromatic rings. The zero-order chi connectivity index (χ0) is 14.7. The molecule has 0 aliphatic carbocycles. The minimum absolute atomic E-state index is 0.523. The number of ether oxygens (including phenoxy) is 1. The predicted octanol–water partition coefficient (Wildman–Crippen LogP) is 4.41. The highest BCUT2D eigenvalue weighted by Crippen LogP contribution is 2.21. The van der Waals surface area contributed by atoms with Crippen molar-refractivity contribution in [1.82, 2.24) is 9.97 Å². The Morgan fingerprint density at radius 3 is 2.90 bits per heavy atom. The van der Waals surface area contributed by atoms with E-state index in [4.69, 9.17) is 4.74 Å². The molecule has 0 aliphatic rings. The molecule has 0 unspecified atom stereocenters. The van der Waals surface area contributed by atoms with Crippen molar-refractivity contribution < 1.29 is 4.74 Å². The Morgan fingerprint density at radius 2 is 2.05 bits per heavy atom. The van der Waals surface area contributed by atoms with Gasteiger partial charge in [-0.2, -0.15) is 0 Å². The van der Waals surface area contributed by atoms with Gasteiger partial charge in [0.1, 0.15) is 12.4 Å². The summed E-state index contributed by atoms with van der Waals surface area (Å²) >= 11 is 3.45. The standard InChI is InChI=1S/C17H15BrN2O/c1-12-4-7-17(16(10-18)20-12)21-11-13-5-6-15-14(9-13)3-2-8-19-15/h2-9H,10-11H2,1H3. The summed E-state index contributed by atoms with van der Waals surface area (Å²) in [5.41, 5.74) is 4.04. The van der Waals surface area contributed by atoms with Crippen molar-refractivity contribution in [2.45, 2.75) is 18.9 Å². The van der Waals surface area contributed by atoms with Gasteiger partial charge >= 0.3 is 0 Å². The molecule has 0 atom stereocenters.